The van der Waals surface area contributed by atoms with E-state index in [2.05, 4.69) is 54.6 Å². The minimum Gasteiger partial charge on any atom is -0.744 e. The van der Waals surface area contributed by atoms with Gasteiger partial charge in [-0.1, -0.05) is 0 Å². The number of nitrogens with one attached hydrogen (secondary N) is 2. The van der Waals surface area contributed by atoms with Crippen molar-refractivity contribution in [1.29, 1.82) is 0 Å². The maximum absolute atomic E-state index is 14.6. The standard InChI is InChI=1S/C30H29FN8O13S4.3Na/c1-39(2,3)19-8-4-17(5-9-19)32-29-34-28(31)35-30(36-29)33-23-13-12-21-22(27(23)56(45,46)47)16-24(53-51-49-41)25(26(21)40)38-37-18-6-10-20(11-7-18)55(43,44)15-14-48-54-52-50-42;;;/h4-13,16H,14-15H2,1-3H3,(H5-,32,33,34,35,36,37,40,41,42,45,46,47);;;/q;3*+1/p-2. The van der Waals surface area contributed by atoms with Gasteiger partial charge in [-0.05, 0) is 54.6 Å². The molecular weight excluding hydrogens is 897 g/mol. The molecule has 0 saturated carbocycles. The number of halogens is 1. The van der Waals surface area contributed by atoms with E-state index in [9.17, 15) is 41.4 Å². The molecule has 0 fully saturated rings. The van der Waals surface area contributed by atoms with E-state index >= 15 is 0 Å². The van der Waals surface area contributed by atoms with Crippen LogP contribution < -0.4 is 114 Å². The van der Waals surface area contributed by atoms with Crippen LogP contribution in [0.1, 0.15) is 0 Å². The number of sulfone groups is 1. The molecule has 21 nitrogen and oxygen atoms in total. The number of benzene rings is 4. The van der Waals surface area contributed by atoms with Gasteiger partial charge in [0.05, 0.1) is 71.6 Å². The second-order valence-corrected chi connectivity index (χ2v) is 16.6. The summed E-state index contributed by atoms with van der Waals surface area (Å²) in [7, 11) is -3.32. The second-order valence-electron chi connectivity index (χ2n) is 11.9. The molecule has 0 aliphatic carbocycles. The number of fused-ring (bicyclic) bond motifs is 1. The summed E-state index contributed by atoms with van der Waals surface area (Å²) in [5.41, 5.74) is 0.740. The fraction of sp³-hybridized carbons (Fsp3) is 0.167. The molecule has 298 valence electrons. The molecule has 0 atom stereocenters. The van der Waals surface area contributed by atoms with E-state index in [1.807, 2.05) is 33.3 Å². The van der Waals surface area contributed by atoms with E-state index in [1.54, 1.807) is 12.1 Å². The number of phenolic OH excluding ortho intramolecular Hbond substituents is 1. The van der Waals surface area contributed by atoms with Gasteiger partial charge in [0.15, 0.2) is 27.9 Å². The molecule has 0 aliphatic heterocycles. The van der Waals surface area contributed by atoms with Gasteiger partial charge in [0, 0.05) is 28.6 Å². The molecule has 5 rings (SSSR count). The molecule has 0 spiro atoms. The van der Waals surface area contributed by atoms with Gasteiger partial charge in [-0.2, -0.15) is 28.8 Å². The topological polar surface area (TPSA) is 291 Å². The summed E-state index contributed by atoms with van der Waals surface area (Å²) in [5.74, 6) is -1.96. The van der Waals surface area contributed by atoms with Crippen molar-refractivity contribution in [2.75, 3.05) is 44.1 Å². The molecule has 0 bridgehead atoms. The van der Waals surface area contributed by atoms with E-state index in [-0.39, 0.29) is 152 Å². The summed E-state index contributed by atoms with van der Waals surface area (Å²) in [4.78, 5) is 9.94. The van der Waals surface area contributed by atoms with Crippen molar-refractivity contribution in [1.82, 2.24) is 19.4 Å². The number of aromatic hydroxyl groups is 1. The average Bonchev–Trinajstić information content (AvgIpc) is 3.12. The third-order valence-electron chi connectivity index (χ3n) is 7.34. The average molecular weight is 924 g/mol. The number of aromatic nitrogens is 3. The largest absolute Gasteiger partial charge is 1.00 e. The molecule has 0 radical (unpaired) electrons. The van der Waals surface area contributed by atoms with Crippen LogP contribution >= 0.6 is 24.4 Å². The summed E-state index contributed by atoms with van der Waals surface area (Å²) in [6, 6.07) is 15.4. The third-order valence-corrected chi connectivity index (χ3v) is 11.0. The van der Waals surface area contributed by atoms with Crippen LogP contribution in [0.15, 0.2) is 91.6 Å². The molecule has 59 heavy (non-hydrogen) atoms. The molecular formula is C30H27FN8Na3O13S4+. The first-order valence-corrected chi connectivity index (χ1v) is 19.8. The van der Waals surface area contributed by atoms with Crippen molar-refractivity contribution in [3.05, 3.63) is 72.8 Å². The number of phenols is 1. The predicted molar refractivity (Wildman–Crippen MR) is 192 cm³/mol. The number of anilines is 4. The maximum Gasteiger partial charge on any atom is 1.00 e. The van der Waals surface area contributed by atoms with Crippen LogP contribution in [0.3, 0.4) is 0 Å². The fourth-order valence-electron chi connectivity index (χ4n) is 4.83. The van der Waals surface area contributed by atoms with Gasteiger partial charge in [0.2, 0.25) is 11.9 Å². The monoisotopic (exact) mass is 923 g/mol. The van der Waals surface area contributed by atoms with Gasteiger partial charge in [0.25, 0.3) is 0 Å². The minimum atomic E-state index is -5.40. The van der Waals surface area contributed by atoms with Gasteiger partial charge in [0.1, 0.15) is 21.5 Å². The zero-order valence-corrected chi connectivity index (χ0v) is 41.1. The van der Waals surface area contributed by atoms with Gasteiger partial charge in [-0.25, -0.2) is 16.8 Å². The van der Waals surface area contributed by atoms with Crippen molar-refractivity contribution in [3.8, 4) is 5.75 Å². The van der Waals surface area contributed by atoms with Gasteiger partial charge in [-0.3, -0.25) is 18.7 Å². The molecule has 5 aromatic rings. The van der Waals surface area contributed by atoms with Crippen LogP contribution in [0.4, 0.5) is 44.7 Å². The SMILES string of the molecule is C[N+](C)(C)c1ccc(Nc2nc(F)nc(Nc3ccc4c(O)c(N=Nc5ccc(S(=O)(=O)CCOSOO[O-])cc5)c(SOO[O-])cc4c3S(=O)(=O)[O-])n2)cc1.[Na+].[Na+].[Na+]. The molecule has 0 unspecified atom stereocenters. The van der Waals surface area contributed by atoms with Crippen molar-refractivity contribution in [3.63, 3.8) is 0 Å². The van der Waals surface area contributed by atoms with Crippen molar-refractivity contribution in [2.45, 2.75) is 14.7 Å². The van der Waals surface area contributed by atoms with Gasteiger partial charge >= 0.3 is 94.8 Å². The third kappa shape index (κ3) is 14.7. The fourth-order valence-corrected chi connectivity index (χ4v) is 7.55. The zero-order chi connectivity index (χ0) is 40.7. The summed E-state index contributed by atoms with van der Waals surface area (Å²) >= 11 is 0.336. The van der Waals surface area contributed by atoms with Gasteiger partial charge in [-0.15, -0.1) is 9.45 Å². The molecule has 4 aromatic carbocycles. The summed E-state index contributed by atoms with van der Waals surface area (Å²) in [5, 5.41) is 50.9. The molecule has 0 saturated heterocycles. The van der Waals surface area contributed by atoms with Crippen LogP contribution in [-0.4, -0.2) is 74.9 Å². The van der Waals surface area contributed by atoms with Crippen molar-refractivity contribution in [2.24, 2.45) is 10.2 Å². The summed E-state index contributed by atoms with van der Waals surface area (Å²) in [6.45, 7) is -0.344. The number of rotatable bonds is 18. The number of hydrogen-bond acceptors (Lipinski definition) is 22. The number of azo groups is 1. The Kier molecular flexibility index (Phi) is 21.5. The molecule has 1 aromatic heterocycles. The van der Waals surface area contributed by atoms with Crippen LogP contribution in [0.25, 0.3) is 10.8 Å². The molecule has 1 heterocycles. The Morgan fingerprint density at radius 2 is 1.46 bits per heavy atom. The number of quaternary nitrogens is 1. The Balaban J connectivity index is 0.00000400. The number of hydrogen-bond donors (Lipinski definition) is 3. The Labute approximate surface area is 410 Å². The molecule has 3 N–H and O–H groups in total. The van der Waals surface area contributed by atoms with E-state index in [1.165, 1.54) is 30.3 Å². The Hall–Kier alpha value is -1.68. The minimum absolute atomic E-state index is 0. The van der Waals surface area contributed by atoms with Crippen LogP contribution in [0.5, 0.6) is 5.75 Å². The molecule has 29 heteroatoms. The van der Waals surface area contributed by atoms with Crippen LogP contribution in [-0.2, 0) is 42.9 Å². The predicted octanol–water partition coefficient (Wildman–Crippen LogP) is -5.31. The van der Waals surface area contributed by atoms with E-state index in [4.69, 9.17) is 4.18 Å². The first-order valence-electron chi connectivity index (χ1n) is 15.3. The summed E-state index contributed by atoms with van der Waals surface area (Å²) < 4.78 is 91.4. The summed E-state index contributed by atoms with van der Waals surface area (Å²) in [6.07, 6.45) is -1.25. The quantitative estimate of drug-likeness (QED) is 0.0108. The van der Waals surface area contributed by atoms with E-state index in [0.29, 0.717) is 10.2 Å². The van der Waals surface area contributed by atoms with Crippen molar-refractivity contribution < 1.29 is 153 Å². The zero-order valence-electron chi connectivity index (χ0n) is 31.8. The first-order chi connectivity index (χ1) is 26.5. The molecule has 0 amide bonds. The number of nitrogens with zero attached hydrogens (tertiary/aromatic N) is 6. The normalized spacial score (nSPS) is 11.8. The van der Waals surface area contributed by atoms with Crippen LogP contribution in [0.2, 0.25) is 0 Å². The second kappa shape index (κ2) is 23.7. The smallest absolute Gasteiger partial charge is 0.744 e. The Morgan fingerprint density at radius 3 is 2.05 bits per heavy atom. The Bertz CT molecular complexity index is 2460. The van der Waals surface area contributed by atoms with Gasteiger partial charge < -0.3 is 30.8 Å². The Morgan fingerprint density at radius 1 is 0.831 bits per heavy atom. The van der Waals surface area contributed by atoms with Crippen molar-refractivity contribution >= 4 is 95.4 Å². The molecule has 0 aliphatic rings. The van der Waals surface area contributed by atoms with E-state index in [0.717, 1.165) is 17.8 Å². The van der Waals surface area contributed by atoms with E-state index < -0.39 is 59.5 Å². The van der Waals surface area contributed by atoms with Crippen LogP contribution in [0, 0.1) is 6.08 Å². The maximum atomic E-state index is 14.6. The first kappa shape index (κ1) is 53.5.